The Labute approximate surface area is 283 Å². The molecule has 5 aromatic rings. The maximum absolute atomic E-state index is 14.3. The topological polar surface area (TPSA) is 122 Å². The molecule has 3 aromatic carbocycles. The van der Waals surface area contributed by atoms with E-state index in [0.717, 1.165) is 16.7 Å². The Kier molecular flexibility index (Phi) is 9.34. The predicted molar refractivity (Wildman–Crippen MR) is 182 cm³/mol. The van der Waals surface area contributed by atoms with Crippen LogP contribution in [0.1, 0.15) is 50.0 Å². The Morgan fingerprint density at radius 1 is 0.898 bits per heavy atom. The Morgan fingerprint density at radius 3 is 2.22 bits per heavy atom. The number of imidazole rings is 1. The molecule has 2 saturated heterocycles. The molecular formula is C37H38N6O6. The Bertz CT molecular complexity index is 1990. The molecule has 12 heteroatoms. The molecule has 2 aliphatic rings. The molecule has 0 N–H and O–H groups in total. The van der Waals surface area contributed by atoms with Crippen LogP contribution in [0.25, 0.3) is 11.2 Å². The molecule has 0 amide bonds. The lowest BCUT2D eigenvalue weighted by Gasteiger charge is -2.24. The van der Waals surface area contributed by atoms with E-state index in [1.165, 1.54) is 13.3 Å². The normalized spacial score (nSPS) is 21.9. The molecule has 1 unspecified atom stereocenters. The van der Waals surface area contributed by atoms with Crippen molar-refractivity contribution in [2.75, 3.05) is 19.7 Å². The lowest BCUT2D eigenvalue weighted by molar-refractivity contribution is -0.165. The van der Waals surface area contributed by atoms with Gasteiger partial charge in [-0.2, -0.15) is 9.98 Å². The molecule has 5 atom stereocenters. The number of aromatic nitrogens is 4. The van der Waals surface area contributed by atoms with Crippen LogP contribution < -0.4 is 5.56 Å². The predicted octanol–water partition coefficient (Wildman–Crippen LogP) is 5.00. The molecular weight excluding hydrogens is 624 g/mol. The molecule has 2 aliphatic heterocycles. The minimum absolute atomic E-state index is 0.0261. The average molecular weight is 663 g/mol. The van der Waals surface area contributed by atoms with E-state index in [0.29, 0.717) is 24.6 Å². The molecule has 0 aliphatic carbocycles. The van der Waals surface area contributed by atoms with Gasteiger partial charge >= 0.3 is 5.97 Å². The summed E-state index contributed by atoms with van der Waals surface area (Å²) in [5, 5.41) is 0. The van der Waals surface area contributed by atoms with E-state index in [9.17, 15) is 9.59 Å². The molecule has 0 spiro atoms. The number of rotatable bonds is 10. The summed E-state index contributed by atoms with van der Waals surface area (Å²) in [6.07, 6.45) is -1.70. The van der Waals surface area contributed by atoms with Gasteiger partial charge in [0.05, 0.1) is 12.9 Å². The maximum atomic E-state index is 14.3. The molecule has 0 radical (unpaired) electrons. The first-order chi connectivity index (χ1) is 23.9. The zero-order valence-corrected chi connectivity index (χ0v) is 27.6. The highest BCUT2D eigenvalue weighted by Crippen LogP contribution is 2.44. The lowest BCUT2D eigenvalue weighted by Crippen LogP contribution is -2.32. The number of fused-ring (bicyclic) bond motifs is 2. The quantitative estimate of drug-likeness (QED) is 0.115. The van der Waals surface area contributed by atoms with Crippen molar-refractivity contribution in [3.05, 3.63) is 124 Å². The van der Waals surface area contributed by atoms with Crippen LogP contribution in [0.15, 0.2) is 107 Å². The fourth-order valence-corrected chi connectivity index (χ4v) is 6.35. The zero-order valence-electron chi connectivity index (χ0n) is 27.6. The molecule has 0 bridgehead atoms. The second kappa shape index (κ2) is 14.1. The summed E-state index contributed by atoms with van der Waals surface area (Å²) >= 11 is 0. The Morgan fingerprint density at radius 2 is 1.55 bits per heavy atom. The van der Waals surface area contributed by atoms with E-state index in [-0.39, 0.29) is 30.2 Å². The van der Waals surface area contributed by atoms with Crippen molar-refractivity contribution >= 4 is 28.9 Å². The number of benzene rings is 3. The summed E-state index contributed by atoms with van der Waals surface area (Å²) in [5.41, 5.74) is 2.80. The van der Waals surface area contributed by atoms with Crippen molar-refractivity contribution in [2.24, 2.45) is 4.99 Å². The Hall–Kier alpha value is -5.17. The number of nitrogens with zero attached hydrogens (tertiary/aromatic N) is 6. The highest BCUT2D eigenvalue weighted by atomic mass is 16.8. The van der Waals surface area contributed by atoms with E-state index in [2.05, 4.69) is 23.7 Å². The monoisotopic (exact) mass is 662 g/mol. The van der Waals surface area contributed by atoms with Crippen LogP contribution >= 0.6 is 0 Å². The smallest absolute Gasteiger partial charge is 0.302 e. The molecule has 4 heterocycles. The van der Waals surface area contributed by atoms with E-state index in [1.807, 2.05) is 91.0 Å². The molecule has 2 fully saturated rings. The summed E-state index contributed by atoms with van der Waals surface area (Å²) in [6, 6.07) is 29.2. The molecule has 2 aromatic heterocycles. The van der Waals surface area contributed by atoms with Gasteiger partial charge in [-0.1, -0.05) is 91.0 Å². The zero-order chi connectivity index (χ0) is 33.9. The number of hydrogen-bond acceptors (Lipinski definition) is 9. The number of ether oxygens (including phenoxy) is 4. The highest BCUT2D eigenvalue weighted by Gasteiger charge is 2.54. The van der Waals surface area contributed by atoms with E-state index in [4.69, 9.17) is 28.9 Å². The number of carbonyl (C=O) groups excluding carboxylic acids is 1. The minimum Gasteiger partial charge on any atom is -0.463 e. The van der Waals surface area contributed by atoms with Gasteiger partial charge < -0.3 is 23.8 Å². The molecule has 49 heavy (non-hydrogen) atoms. The first-order valence-electron chi connectivity index (χ1n) is 16.5. The number of aliphatic imine (C=N–C) groups is 1. The molecule has 7 rings (SSSR count). The second-order valence-electron chi connectivity index (χ2n) is 11.9. The van der Waals surface area contributed by atoms with Crippen LogP contribution in [0.4, 0.5) is 5.95 Å². The maximum Gasteiger partial charge on any atom is 0.302 e. The van der Waals surface area contributed by atoms with Crippen molar-refractivity contribution in [3.63, 3.8) is 0 Å². The van der Waals surface area contributed by atoms with Gasteiger partial charge in [0.1, 0.15) is 30.8 Å². The van der Waals surface area contributed by atoms with Crippen LogP contribution in [-0.4, -0.2) is 73.8 Å². The van der Waals surface area contributed by atoms with Gasteiger partial charge in [-0.25, -0.2) is 4.98 Å². The summed E-state index contributed by atoms with van der Waals surface area (Å²) in [5.74, 6) is 0.493. The SMILES string of the molecule is CCN(CC)/C(=N/c1nc2c(ncn2[C@@H]2O[C@H](COC(C)=O)[C@H]3OC(c4ccccc4)O[C@H]32)c(=O)n1Cc1ccccc1)c1ccccc1. The van der Waals surface area contributed by atoms with Crippen LogP contribution in [0.2, 0.25) is 0 Å². The fraction of sp³-hybridized carbons (Fsp3) is 0.324. The second-order valence-corrected chi connectivity index (χ2v) is 11.9. The van der Waals surface area contributed by atoms with Gasteiger partial charge in [0, 0.05) is 31.1 Å². The van der Waals surface area contributed by atoms with Gasteiger partial charge in [-0.3, -0.25) is 18.7 Å². The Balaban J connectivity index is 1.36. The van der Waals surface area contributed by atoms with E-state index >= 15 is 0 Å². The van der Waals surface area contributed by atoms with Crippen molar-refractivity contribution in [1.29, 1.82) is 0 Å². The van der Waals surface area contributed by atoms with Gasteiger partial charge in [-0.05, 0) is 19.4 Å². The third kappa shape index (κ3) is 6.50. The first-order valence-corrected chi connectivity index (χ1v) is 16.5. The molecule has 12 nitrogen and oxygen atoms in total. The largest absolute Gasteiger partial charge is 0.463 e. The number of carbonyl (C=O) groups is 1. The van der Waals surface area contributed by atoms with Crippen LogP contribution in [0.5, 0.6) is 0 Å². The van der Waals surface area contributed by atoms with Crippen molar-refractivity contribution < 1.29 is 23.7 Å². The first kappa shape index (κ1) is 32.4. The highest BCUT2D eigenvalue weighted by molar-refractivity contribution is 6.00. The van der Waals surface area contributed by atoms with Crippen LogP contribution in [-0.2, 0) is 30.3 Å². The summed E-state index contributed by atoms with van der Waals surface area (Å²) in [4.78, 5) is 42.9. The van der Waals surface area contributed by atoms with Gasteiger partial charge in [0.25, 0.3) is 5.56 Å². The third-order valence-electron chi connectivity index (χ3n) is 8.79. The number of esters is 1. The third-order valence-corrected chi connectivity index (χ3v) is 8.79. The van der Waals surface area contributed by atoms with Crippen molar-refractivity contribution in [3.8, 4) is 0 Å². The molecule has 0 saturated carbocycles. The van der Waals surface area contributed by atoms with Gasteiger partial charge in [-0.15, -0.1) is 0 Å². The number of amidine groups is 1. The molecule has 252 valence electrons. The van der Waals surface area contributed by atoms with Crippen molar-refractivity contribution in [2.45, 2.75) is 58.1 Å². The summed E-state index contributed by atoms with van der Waals surface area (Å²) in [6.45, 7) is 7.11. The summed E-state index contributed by atoms with van der Waals surface area (Å²) < 4.78 is 27.9. The number of hydrogen-bond donors (Lipinski definition) is 0. The lowest BCUT2D eigenvalue weighted by atomic mass is 10.1. The fourth-order valence-electron chi connectivity index (χ4n) is 6.35. The van der Waals surface area contributed by atoms with E-state index in [1.54, 1.807) is 9.13 Å². The standard InChI is InChI=1S/C37H38N6O6/c1-4-41(5-2)32(26-17-11-7-12-18-26)39-37-40-33-29(34(45)42(37)21-25-15-9-6-10-16-25)38-23-43(33)35-31-30(28(47-35)22-46-24(3)44)48-36(49-31)27-19-13-8-14-20-27/h6-20,23,28,30-31,35-36H,4-5,21-22H2,1-3H3/b39-32+/t28-,30-,31-,35-,36?/m1/s1. The van der Waals surface area contributed by atoms with Crippen LogP contribution in [0, 0.1) is 0 Å². The average Bonchev–Trinajstić information content (AvgIpc) is 3.84. The summed E-state index contributed by atoms with van der Waals surface area (Å²) in [7, 11) is 0. The van der Waals surface area contributed by atoms with Gasteiger partial charge in [0.2, 0.25) is 5.95 Å². The minimum atomic E-state index is -0.783. The van der Waals surface area contributed by atoms with E-state index < -0.39 is 36.8 Å². The van der Waals surface area contributed by atoms with Crippen molar-refractivity contribution in [1.82, 2.24) is 24.0 Å². The van der Waals surface area contributed by atoms with Gasteiger partial charge in [0.15, 0.2) is 23.7 Å². The van der Waals surface area contributed by atoms with Crippen LogP contribution in [0.3, 0.4) is 0 Å².